The van der Waals surface area contributed by atoms with E-state index in [1.54, 1.807) is 19.2 Å². The van der Waals surface area contributed by atoms with Gasteiger partial charge in [0.25, 0.3) is 0 Å². The summed E-state index contributed by atoms with van der Waals surface area (Å²) in [6, 6.07) is 4.40. The van der Waals surface area contributed by atoms with Crippen molar-refractivity contribution in [1.82, 2.24) is 9.97 Å². The SMILES string of the molecule is Cc1ncc(CNc2ccc(Br)cc2OC(F)(F)F)[nH]1. The highest BCUT2D eigenvalue weighted by molar-refractivity contribution is 9.10. The number of aromatic amines is 1. The van der Waals surface area contributed by atoms with Crippen LogP contribution >= 0.6 is 15.9 Å². The molecule has 0 spiro atoms. The first-order valence-electron chi connectivity index (χ1n) is 5.63. The maximum atomic E-state index is 12.3. The molecular formula is C12H11BrF3N3O. The Morgan fingerprint density at radius 1 is 1.40 bits per heavy atom. The quantitative estimate of drug-likeness (QED) is 0.877. The Labute approximate surface area is 121 Å². The van der Waals surface area contributed by atoms with Crippen LogP contribution in [0.25, 0.3) is 0 Å². The summed E-state index contributed by atoms with van der Waals surface area (Å²) >= 11 is 3.11. The second-order valence-corrected chi connectivity index (χ2v) is 4.95. The number of ether oxygens (including phenoxy) is 1. The van der Waals surface area contributed by atoms with Gasteiger partial charge in [-0.1, -0.05) is 15.9 Å². The number of aromatic nitrogens is 2. The molecule has 1 aromatic heterocycles. The second-order valence-electron chi connectivity index (χ2n) is 4.04. The van der Waals surface area contributed by atoms with E-state index in [0.717, 1.165) is 11.5 Å². The van der Waals surface area contributed by atoms with Crippen molar-refractivity contribution in [3.05, 3.63) is 40.4 Å². The van der Waals surface area contributed by atoms with E-state index in [-0.39, 0.29) is 11.4 Å². The molecule has 0 atom stereocenters. The molecule has 0 bridgehead atoms. The fourth-order valence-corrected chi connectivity index (χ4v) is 1.94. The van der Waals surface area contributed by atoms with E-state index in [0.29, 0.717) is 11.0 Å². The van der Waals surface area contributed by atoms with Crippen LogP contribution in [0.4, 0.5) is 18.9 Å². The number of hydrogen-bond donors (Lipinski definition) is 2. The second kappa shape index (κ2) is 5.74. The molecule has 108 valence electrons. The number of anilines is 1. The van der Waals surface area contributed by atoms with E-state index in [9.17, 15) is 13.2 Å². The van der Waals surface area contributed by atoms with Gasteiger partial charge in [-0.3, -0.25) is 0 Å². The molecule has 0 unspecified atom stereocenters. The predicted octanol–water partition coefficient (Wildman–Crippen LogP) is 3.99. The third-order valence-electron chi connectivity index (χ3n) is 2.39. The van der Waals surface area contributed by atoms with Gasteiger partial charge >= 0.3 is 6.36 Å². The highest BCUT2D eigenvalue weighted by atomic mass is 79.9. The van der Waals surface area contributed by atoms with E-state index in [4.69, 9.17) is 0 Å². The lowest BCUT2D eigenvalue weighted by Gasteiger charge is -2.14. The number of H-pyrrole nitrogens is 1. The van der Waals surface area contributed by atoms with Gasteiger partial charge in [0.1, 0.15) is 5.82 Å². The molecule has 2 N–H and O–H groups in total. The zero-order valence-corrected chi connectivity index (χ0v) is 12.0. The number of benzene rings is 1. The van der Waals surface area contributed by atoms with Crippen molar-refractivity contribution in [1.29, 1.82) is 0 Å². The van der Waals surface area contributed by atoms with Crippen molar-refractivity contribution in [3.63, 3.8) is 0 Å². The van der Waals surface area contributed by atoms with E-state index in [2.05, 4.69) is 36.0 Å². The van der Waals surface area contributed by atoms with E-state index < -0.39 is 6.36 Å². The van der Waals surface area contributed by atoms with Crippen LogP contribution in [0.2, 0.25) is 0 Å². The Morgan fingerprint density at radius 2 is 2.15 bits per heavy atom. The summed E-state index contributed by atoms with van der Waals surface area (Å²) in [6.45, 7) is 2.11. The van der Waals surface area contributed by atoms with Crippen molar-refractivity contribution < 1.29 is 17.9 Å². The Bertz CT molecular complexity index is 598. The first kappa shape index (κ1) is 14.7. The minimum Gasteiger partial charge on any atom is -0.404 e. The highest BCUT2D eigenvalue weighted by Gasteiger charge is 2.32. The molecule has 0 aliphatic rings. The van der Waals surface area contributed by atoms with Crippen molar-refractivity contribution in [3.8, 4) is 5.75 Å². The number of aryl methyl sites for hydroxylation is 1. The molecule has 1 heterocycles. The number of halogens is 4. The number of hydrogen-bond acceptors (Lipinski definition) is 3. The first-order valence-corrected chi connectivity index (χ1v) is 6.42. The lowest BCUT2D eigenvalue weighted by molar-refractivity contribution is -0.274. The number of nitrogens with zero attached hydrogens (tertiary/aromatic N) is 1. The van der Waals surface area contributed by atoms with Crippen molar-refractivity contribution in [2.24, 2.45) is 0 Å². The standard InChI is InChI=1S/C12H11BrF3N3O/c1-7-17-5-9(19-7)6-18-10-3-2-8(13)4-11(10)20-12(14,15)16/h2-5,18H,6H2,1H3,(H,17,19). The molecule has 1 aromatic carbocycles. The Morgan fingerprint density at radius 3 is 2.75 bits per heavy atom. The number of alkyl halides is 3. The van der Waals surface area contributed by atoms with Crippen LogP contribution in [0.1, 0.15) is 11.5 Å². The maximum absolute atomic E-state index is 12.3. The topological polar surface area (TPSA) is 49.9 Å². The lowest BCUT2D eigenvalue weighted by atomic mass is 10.3. The zero-order valence-electron chi connectivity index (χ0n) is 10.4. The minimum absolute atomic E-state index is 0.248. The van der Waals surface area contributed by atoms with E-state index >= 15 is 0 Å². The van der Waals surface area contributed by atoms with Gasteiger partial charge in [-0.2, -0.15) is 0 Å². The average Bonchev–Trinajstić information content (AvgIpc) is 2.72. The van der Waals surface area contributed by atoms with E-state index in [1.807, 2.05) is 0 Å². The summed E-state index contributed by atoms with van der Waals surface area (Å²) in [5, 5.41) is 2.88. The minimum atomic E-state index is -4.73. The van der Waals surface area contributed by atoms with Crippen LogP contribution in [0.3, 0.4) is 0 Å². The molecule has 0 amide bonds. The Balaban J connectivity index is 2.14. The molecule has 20 heavy (non-hydrogen) atoms. The largest absolute Gasteiger partial charge is 0.573 e. The van der Waals surface area contributed by atoms with Gasteiger partial charge in [0.05, 0.1) is 24.1 Å². The molecule has 0 aliphatic heterocycles. The van der Waals surface area contributed by atoms with Gasteiger partial charge in [0.15, 0.2) is 5.75 Å². The Kier molecular flexibility index (Phi) is 4.22. The molecule has 2 aromatic rings. The average molecular weight is 350 g/mol. The van der Waals surface area contributed by atoms with Crippen molar-refractivity contribution >= 4 is 21.6 Å². The van der Waals surface area contributed by atoms with Crippen LogP contribution in [-0.2, 0) is 6.54 Å². The molecule has 0 aliphatic carbocycles. The third-order valence-corrected chi connectivity index (χ3v) is 2.89. The van der Waals surface area contributed by atoms with Gasteiger partial charge in [-0.05, 0) is 25.1 Å². The number of nitrogens with one attached hydrogen (secondary N) is 2. The van der Waals surface area contributed by atoms with Crippen molar-refractivity contribution in [2.75, 3.05) is 5.32 Å². The zero-order chi connectivity index (χ0) is 14.8. The molecule has 0 saturated carbocycles. The molecule has 2 rings (SSSR count). The summed E-state index contributed by atoms with van der Waals surface area (Å²) < 4.78 is 41.5. The third kappa shape index (κ3) is 4.16. The fraction of sp³-hybridized carbons (Fsp3) is 0.250. The highest BCUT2D eigenvalue weighted by Crippen LogP contribution is 2.33. The molecule has 4 nitrogen and oxygen atoms in total. The summed E-state index contributed by atoms with van der Waals surface area (Å²) in [5.41, 5.74) is 1.01. The molecule has 0 fully saturated rings. The fourth-order valence-electron chi connectivity index (χ4n) is 1.60. The normalized spacial score (nSPS) is 11.4. The van der Waals surface area contributed by atoms with Crippen LogP contribution < -0.4 is 10.1 Å². The van der Waals surface area contributed by atoms with Crippen molar-refractivity contribution in [2.45, 2.75) is 19.8 Å². The van der Waals surface area contributed by atoms with Crippen LogP contribution in [0.15, 0.2) is 28.9 Å². The van der Waals surface area contributed by atoms with Gasteiger partial charge < -0.3 is 15.0 Å². The lowest BCUT2D eigenvalue weighted by Crippen LogP contribution is -2.18. The van der Waals surface area contributed by atoms with Crippen LogP contribution in [0, 0.1) is 6.92 Å². The van der Waals surface area contributed by atoms with Gasteiger partial charge in [0, 0.05) is 4.47 Å². The molecule has 0 radical (unpaired) electrons. The van der Waals surface area contributed by atoms with Crippen LogP contribution in [0.5, 0.6) is 5.75 Å². The first-order chi connectivity index (χ1) is 9.33. The number of imidazole rings is 1. The van der Waals surface area contributed by atoms with E-state index in [1.165, 1.54) is 12.1 Å². The Hall–Kier alpha value is -1.70. The molecular weight excluding hydrogens is 339 g/mol. The smallest absolute Gasteiger partial charge is 0.404 e. The summed E-state index contributed by atoms with van der Waals surface area (Å²) in [5.74, 6) is 0.451. The molecule has 8 heteroatoms. The number of rotatable bonds is 4. The monoisotopic (exact) mass is 349 g/mol. The van der Waals surface area contributed by atoms with Gasteiger partial charge in [0.2, 0.25) is 0 Å². The molecule has 0 saturated heterocycles. The van der Waals surface area contributed by atoms with Crippen LogP contribution in [-0.4, -0.2) is 16.3 Å². The summed E-state index contributed by atoms with van der Waals surface area (Å²) in [7, 11) is 0. The summed E-state index contributed by atoms with van der Waals surface area (Å²) in [6.07, 6.45) is -3.12. The van der Waals surface area contributed by atoms with Gasteiger partial charge in [-0.15, -0.1) is 13.2 Å². The van der Waals surface area contributed by atoms with Gasteiger partial charge in [-0.25, -0.2) is 4.98 Å². The maximum Gasteiger partial charge on any atom is 0.573 e. The predicted molar refractivity (Wildman–Crippen MR) is 71.5 cm³/mol. The summed E-state index contributed by atoms with van der Waals surface area (Å²) in [4.78, 5) is 6.99.